The summed E-state index contributed by atoms with van der Waals surface area (Å²) in [6.07, 6.45) is 4.20. The van der Waals surface area contributed by atoms with E-state index in [1.165, 1.54) is 30.5 Å². The first-order valence-corrected chi connectivity index (χ1v) is 12.5. The van der Waals surface area contributed by atoms with Crippen LogP contribution in [0.5, 0.6) is 23.0 Å². The summed E-state index contributed by atoms with van der Waals surface area (Å²) in [5, 5.41) is 0.966. The van der Waals surface area contributed by atoms with Crippen molar-refractivity contribution in [2.75, 3.05) is 0 Å². The summed E-state index contributed by atoms with van der Waals surface area (Å²) in [5.74, 6) is 0.963. The lowest BCUT2D eigenvalue weighted by molar-refractivity contribution is -0.128. The van der Waals surface area contributed by atoms with E-state index in [2.05, 4.69) is 0 Å². The molecule has 5 rings (SSSR count). The van der Waals surface area contributed by atoms with Crippen molar-refractivity contribution < 1.29 is 23.4 Å². The van der Waals surface area contributed by atoms with Crippen molar-refractivity contribution in [3.63, 3.8) is 0 Å². The molecule has 0 aliphatic heterocycles. The van der Waals surface area contributed by atoms with Gasteiger partial charge >= 0.3 is 5.97 Å². The molecule has 0 spiro atoms. The highest BCUT2D eigenvalue weighted by atomic mass is 35.5. The highest BCUT2D eigenvalue weighted by Crippen LogP contribution is 2.25. The van der Waals surface area contributed by atoms with Crippen LogP contribution in [0.2, 0.25) is 5.02 Å². The maximum atomic E-state index is 12.8. The first kappa shape index (κ1) is 25.8. The minimum Gasteiger partial charge on any atom is -0.489 e. The molecule has 1 heterocycles. The van der Waals surface area contributed by atoms with Crippen molar-refractivity contribution in [1.29, 1.82) is 0 Å². The van der Waals surface area contributed by atoms with Gasteiger partial charge in [0, 0.05) is 22.7 Å². The molecular formula is C32H23ClO6. The molecule has 0 bridgehead atoms. The lowest BCUT2D eigenvalue weighted by Gasteiger charge is -2.08. The Morgan fingerprint density at radius 2 is 1.69 bits per heavy atom. The predicted octanol–water partition coefficient (Wildman–Crippen LogP) is 7.74. The average Bonchev–Trinajstić information content (AvgIpc) is 2.94. The van der Waals surface area contributed by atoms with Crippen molar-refractivity contribution in [2.24, 2.45) is 0 Å². The van der Waals surface area contributed by atoms with Crippen molar-refractivity contribution in [3.8, 4) is 23.0 Å². The van der Waals surface area contributed by atoms with E-state index in [0.717, 1.165) is 16.7 Å². The fourth-order valence-corrected chi connectivity index (χ4v) is 3.99. The highest BCUT2D eigenvalue weighted by molar-refractivity contribution is 6.31. The van der Waals surface area contributed by atoms with Gasteiger partial charge < -0.3 is 18.6 Å². The molecule has 6 nitrogen and oxygen atoms in total. The Balaban J connectivity index is 1.20. The van der Waals surface area contributed by atoms with Gasteiger partial charge in [0.1, 0.15) is 35.7 Å². The molecular weight excluding hydrogens is 516 g/mol. The summed E-state index contributed by atoms with van der Waals surface area (Å²) < 4.78 is 22.5. The largest absolute Gasteiger partial charge is 0.489 e. The number of hydrogen-bond acceptors (Lipinski definition) is 6. The molecule has 0 atom stereocenters. The molecule has 0 fully saturated rings. The summed E-state index contributed by atoms with van der Waals surface area (Å²) >= 11 is 6.16. The fourth-order valence-electron chi connectivity index (χ4n) is 3.80. The number of ether oxygens (including phenoxy) is 3. The second kappa shape index (κ2) is 11.7. The zero-order chi connectivity index (χ0) is 27.2. The van der Waals surface area contributed by atoms with Crippen LogP contribution in [0.25, 0.3) is 17.0 Å². The third kappa shape index (κ3) is 6.55. The quantitative estimate of drug-likeness (QED) is 0.114. The number of fused-ring (bicyclic) bond motifs is 1. The van der Waals surface area contributed by atoms with Crippen LogP contribution < -0.4 is 19.6 Å². The van der Waals surface area contributed by atoms with Gasteiger partial charge in [-0.2, -0.15) is 0 Å². The molecule has 39 heavy (non-hydrogen) atoms. The third-order valence-corrected chi connectivity index (χ3v) is 6.16. The normalized spacial score (nSPS) is 11.0. The Hall–Kier alpha value is -4.81. The molecule has 0 unspecified atom stereocenters. The Bertz CT molecular complexity index is 1720. The van der Waals surface area contributed by atoms with E-state index in [1.54, 1.807) is 12.1 Å². The molecule has 0 aliphatic carbocycles. The van der Waals surface area contributed by atoms with Gasteiger partial charge in [-0.25, -0.2) is 4.79 Å². The van der Waals surface area contributed by atoms with Gasteiger partial charge in [-0.1, -0.05) is 54.1 Å². The Kier molecular flexibility index (Phi) is 7.75. The Labute approximate surface area is 229 Å². The van der Waals surface area contributed by atoms with Crippen LogP contribution >= 0.6 is 11.6 Å². The number of aryl methyl sites for hydroxylation is 1. The first-order chi connectivity index (χ1) is 18.9. The van der Waals surface area contributed by atoms with Gasteiger partial charge in [-0.05, 0) is 66.6 Å². The summed E-state index contributed by atoms with van der Waals surface area (Å²) in [5.41, 5.74) is 2.65. The lowest BCUT2D eigenvalue weighted by atomic mass is 10.2. The average molecular weight is 539 g/mol. The monoisotopic (exact) mass is 538 g/mol. The smallest absolute Gasteiger partial charge is 0.336 e. The number of esters is 1. The van der Waals surface area contributed by atoms with E-state index in [0.29, 0.717) is 28.5 Å². The molecule has 7 heteroatoms. The standard InChI is InChI=1S/C32H23ClO6/c1-21-5-4-7-25(17-21)38-30-20-37-29-18-26(14-15-27(29)32(30)35)39-31(34)16-11-22-9-12-24(13-10-22)36-19-23-6-2-3-8-28(23)33/h2-18,20H,19H2,1H3/b16-11+. The first-order valence-electron chi connectivity index (χ1n) is 12.1. The Morgan fingerprint density at radius 1 is 0.897 bits per heavy atom. The van der Waals surface area contributed by atoms with E-state index in [4.69, 9.17) is 30.2 Å². The van der Waals surface area contributed by atoms with Gasteiger partial charge in [-0.15, -0.1) is 0 Å². The maximum absolute atomic E-state index is 12.8. The third-order valence-electron chi connectivity index (χ3n) is 5.79. The predicted molar refractivity (Wildman–Crippen MR) is 151 cm³/mol. The van der Waals surface area contributed by atoms with E-state index in [9.17, 15) is 9.59 Å². The summed E-state index contributed by atoms with van der Waals surface area (Å²) in [7, 11) is 0. The van der Waals surface area contributed by atoms with Crippen LogP contribution in [0.3, 0.4) is 0 Å². The van der Waals surface area contributed by atoms with Gasteiger partial charge in [0.15, 0.2) is 0 Å². The molecule has 0 radical (unpaired) electrons. The number of halogens is 1. The van der Waals surface area contributed by atoms with Crippen LogP contribution in [0.1, 0.15) is 16.7 Å². The second-order valence-electron chi connectivity index (χ2n) is 8.71. The van der Waals surface area contributed by atoms with Gasteiger partial charge in [0.05, 0.1) is 5.39 Å². The second-order valence-corrected chi connectivity index (χ2v) is 9.12. The van der Waals surface area contributed by atoms with Crippen molar-refractivity contribution >= 4 is 34.6 Å². The van der Waals surface area contributed by atoms with Crippen LogP contribution in [0, 0.1) is 6.92 Å². The summed E-state index contributed by atoms with van der Waals surface area (Å²) in [4.78, 5) is 25.2. The highest BCUT2D eigenvalue weighted by Gasteiger charge is 2.11. The molecule has 0 aliphatic rings. The lowest BCUT2D eigenvalue weighted by Crippen LogP contribution is -2.06. The van der Waals surface area contributed by atoms with Crippen molar-refractivity contribution in [2.45, 2.75) is 13.5 Å². The van der Waals surface area contributed by atoms with E-state index in [-0.39, 0.29) is 22.5 Å². The van der Waals surface area contributed by atoms with Crippen molar-refractivity contribution in [3.05, 3.63) is 135 Å². The van der Waals surface area contributed by atoms with Crippen LogP contribution in [0.15, 0.2) is 113 Å². The summed E-state index contributed by atoms with van der Waals surface area (Å²) in [6, 6.07) is 26.7. The van der Waals surface area contributed by atoms with Crippen LogP contribution in [-0.4, -0.2) is 5.97 Å². The molecule has 194 valence electrons. The SMILES string of the molecule is Cc1cccc(Oc2coc3cc(OC(=O)/C=C/c4ccc(OCc5ccccc5Cl)cc4)ccc3c2=O)c1. The van der Waals surface area contributed by atoms with Gasteiger partial charge in [-0.3, -0.25) is 4.79 Å². The van der Waals surface area contributed by atoms with E-state index < -0.39 is 5.97 Å². The fraction of sp³-hybridized carbons (Fsp3) is 0.0625. The molecule has 4 aromatic carbocycles. The van der Waals surface area contributed by atoms with Gasteiger partial charge in [0.25, 0.3) is 0 Å². The topological polar surface area (TPSA) is 75.0 Å². The summed E-state index contributed by atoms with van der Waals surface area (Å²) in [6.45, 7) is 2.29. The number of hydrogen-bond donors (Lipinski definition) is 0. The number of benzene rings is 4. The molecule has 0 saturated heterocycles. The Morgan fingerprint density at radius 3 is 2.49 bits per heavy atom. The maximum Gasteiger partial charge on any atom is 0.336 e. The minimum atomic E-state index is -0.574. The number of rotatable bonds is 8. The van der Waals surface area contributed by atoms with Crippen LogP contribution in [-0.2, 0) is 11.4 Å². The number of carbonyl (C=O) groups excluding carboxylic acids is 1. The van der Waals surface area contributed by atoms with Crippen molar-refractivity contribution in [1.82, 2.24) is 0 Å². The molecule has 0 saturated carbocycles. The zero-order valence-corrected chi connectivity index (χ0v) is 21.7. The minimum absolute atomic E-state index is 0.0704. The molecule has 1 aromatic heterocycles. The van der Waals surface area contributed by atoms with E-state index in [1.807, 2.05) is 73.7 Å². The molecule has 0 amide bonds. The van der Waals surface area contributed by atoms with Gasteiger partial charge in [0.2, 0.25) is 11.2 Å². The number of carbonyl (C=O) groups is 1. The molecule has 5 aromatic rings. The van der Waals surface area contributed by atoms with Crippen LogP contribution in [0.4, 0.5) is 0 Å². The zero-order valence-electron chi connectivity index (χ0n) is 20.9. The van der Waals surface area contributed by atoms with E-state index >= 15 is 0 Å². The molecule has 0 N–H and O–H groups in total.